The molecule has 0 aliphatic rings. The van der Waals surface area contributed by atoms with Crippen molar-refractivity contribution < 1.29 is 4.79 Å². The summed E-state index contributed by atoms with van der Waals surface area (Å²) in [5.74, 6) is 0.779. The molecule has 3 rings (SSSR count). The molecule has 0 aliphatic carbocycles. The number of aryl methyl sites for hydroxylation is 1. The molecule has 0 unspecified atom stereocenters. The van der Waals surface area contributed by atoms with Crippen LogP contribution in [0.1, 0.15) is 5.69 Å². The van der Waals surface area contributed by atoms with E-state index in [0.29, 0.717) is 19.5 Å². The number of hydrogen-bond donors (Lipinski definition) is 2. The highest BCUT2D eigenvalue weighted by atomic mass is 32.1. The van der Waals surface area contributed by atoms with Crippen molar-refractivity contribution in [3.05, 3.63) is 36.0 Å². The van der Waals surface area contributed by atoms with Gasteiger partial charge in [-0.25, -0.2) is 15.0 Å². The van der Waals surface area contributed by atoms with Gasteiger partial charge in [0, 0.05) is 32.0 Å². The minimum absolute atomic E-state index is 0.0197. The van der Waals surface area contributed by atoms with Gasteiger partial charge in [0.2, 0.25) is 5.91 Å². The number of carbonyl (C=O) groups is 1. The number of aromatic nitrogens is 4. The van der Waals surface area contributed by atoms with Crippen molar-refractivity contribution in [3.8, 4) is 0 Å². The topological polar surface area (TPSA) is 84.7 Å². The zero-order valence-electron chi connectivity index (χ0n) is 12.1. The van der Waals surface area contributed by atoms with Crippen LogP contribution in [-0.2, 0) is 18.3 Å². The van der Waals surface area contributed by atoms with E-state index in [0.717, 1.165) is 21.7 Å². The molecule has 0 bridgehead atoms. The molecule has 7 nitrogen and oxygen atoms in total. The van der Waals surface area contributed by atoms with Crippen molar-refractivity contribution in [1.29, 1.82) is 0 Å². The fraction of sp³-hybridized carbons (Fsp3) is 0.286. The highest BCUT2D eigenvalue weighted by Crippen LogP contribution is 2.23. The smallest absolute Gasteiger partial charge is 0.226 e. The van der Waals surface area contributed by atoms with E-state index in [-0.39, 0.29) is 5.91 Å². The summed E-state index contributed by atoms with van der Waals surface area (Å²) in [7, 11) is 1.87. The van der Waals surface area contributed by atoms with E-state index in [2.05, 4.69) is 25.6 Å². The predicted molar refractivity (Wildman–Crippen MR) is 85.8 cm³/mol. The number of nitrogens with zero attached hydrogens (tertiary/aromatic N) is 4. The first-order valence-electron chi connectivity index (χ1n) is 6.88. The van der Waals surface area contributed by atoms with Gasteiger partial charge in [-0.2, -0.15) is 0 Å². The third-order valence-electron chi connectivity index (χ3n) is 3.26. The second kappa shape index (κ2) is 6.52. The van der Waals surface area contributed by atoms with Crippen LogP contribution >= 0.6 is 11.3 Å². The molecule has 0 fully saturated rings. The third kappa shape index (κ3) is 3.22. The van der Waals surface area contributed by atoms with Gasteiger partial charge in [0.15, 0.2) is 0 Å². The van der Waals surface area contributed by atoms with Gasteiger partial charge in [-0.3, -0.25) is 4.79 Å². The SMILES string of the molecule is Cn1cncc1CC(=O)NCCNc1ncnc2sccc12. The fourth-order valence-corrected chi connectivity index (χ4v) is 2.83. The van der Waals surface area contributed by atoms with Gasteiger partial charge in [0.05, 0.1) is 18.1 Å². The van der Waals surface area contributed by atoms with Crippen molar-refractivity contribution in [2.75, 3.05) is 18.4 Å². The predicted octanol–water partition coefficient (Wildman–Crippen LogP) is 1.20. The standard InChI is InChI=1S/C14H16N6OS/c1-20-9-15-7-10(20)6-12(21)16-3-4-17-13-11-2-5-22-14(11)19-8-18-13/h2,5,7-9H,3-4,6H2,1H3,(H,16,21)(H,17,18,19). The average Bonchev–Trinajstić information content (AvgIpc) is 3.13. The summed E-state index contributed by atoms with van der Waals surface area (Å²) in [5, 5.41) is 9.09. The Morgan fingerprint density at radius 3 is 3.09 bits per heavy atom. The average molecular weight is 316 g/mol. The second-order valence-corrected chi connectivity index (χ2v) is 5.71. The van der Waals surface area contributed by atoms with Gasteiger partial charge < -0.3 is 15.2 Å². The van der Waals surface area contributed by atoms with Crippen LogP contribution in [0.3, 0.4) is 0 Å². The molecule has 1 amide bonds. The first-order chi connectivity index (χ1) is 10.7. The molecule has 0 spiro atoms. The number of carbonyl (C=O) groups excluding carboxylic acids is 1. The zero-order chi connectivity index (χ0) is 15.4. The first kappa shape index (κ1) is 14.5. The third-order valence-corrected chi connectivity index (χ3v) is 4.08. The van der Waals surface area contributed by atoms with Crippen molar-refractivity contribution in [3.63, 3.8) is 0 Å². The zero-order valence-corrected chi connectivity index (χ0v) is 12.9. The summed E-state index contributed by atoms with van der Waals surface area (Å²) in [5.41, 5.74) is 0.890. The van der Waals surface area contributed by atoms with Gasteiger partial charge in [-0.05, 0) is 11.4 Å². The van der Waals surface area contributed by atoms with E-state index in [1.807, 2.05) is 23.1 Å². The Bertz CT molecular complexity index is 780. The summed E-state index contributed by atoms with van der Waals surface area (Å²) in [6.07, 6.45) is 5.26. The minimum atomic E-state index is -0.0197. The number of imidazole rings is 1. The largest absolute Gasteiger partial charge is 0.368 e. The molecule has 0 aliphatic heterocycles. The highest BCUT2D eigenvalue weighted by molar-refractivity contribution is 7.16. The van der Waals surface area contributed by atoms with Gasteiger partial charge in [0.25, 0.3) is 0 Å². The molecule has 0 radical (unpaired) electrons. The van der Waals surface area contributed by atoms with Crippen LogP contribution in [0, 0.1) is 0 Å². The van der Waals surface area contributed by atoms with Gasteiger partial charge in [-0.1, -0.05) is 0 Å². The van der Waals surface area contributed by atoms with Crippen LogP contribution in [-0.4, -0.2) is 38.5 Å². The molecule has 0 saturated carbocycles. The molecular weight excluding hydrogens is 300 g/mol. The molecule has 0 aromatic carbocycles. The Labute approximate surface area is 131 Å². The van der Waals surface area contributed by atoms with Crippen molar-refractivity contribution >= 4 is 33.3 Å². The van der Waals surface area contributed by atoms with Crippen LogP contribution in [0.4, 0.5) is 5.82 Å². The molecule has 0 saturated heterocycles. The van der Waals surface area contributed by atoms with Gasteiger partial charge in [-0.15, -0.1) is 11.3 Å². The Morgan fingerprint density at radius 1 is 1.36 bits per heavy atom. The van der Waals surface area contributed by atoms with E-state index >= 15 is 0 Å². The number of thiophene rings is 1. The number of hydrogen-bond acceptors (Lipinski definition) is 6. The maximum Gasteiger partial charge on any atom is 0.226 e. The first-order valence-corrected chi connectivity index (χ1v) is 7.76. The maximum absolute atomic E-state index is 11.8. The fourth-order valence-electron chi connectivity index (χ4n) is 2.10. The number of rotatable bonds is 6. The summed E-state index contributed by atoms with van der Waals surface area (Å²) in [6, 6.07) is 1.99. The summed E-state index contributed by atoms with van der Waals surface area (Å²) < 4.78 is 1.84. The van der Waals surface area contributed by atoms with E-state index in [4.69, 9.17) is 0 Å². The highest BCUT2D eigenvalue weighted by Gasteiger charge is 2.07. The molecule has 8 heteroatoms. The van der Waals surface area contributed by atoms with Crippen LogP contribution in [0.2, 0.25) is 0 Å². The molecule has 0 atom stereocenters. The van der Waals surface area contributed by atoms with E-state index < -0.39 is 0 Å². The lowest BCUT2D eigenvalue weighted by Gasteiger charge is -2.08. The van der Waals surface area contributed by atoms with Crippen LogP contribution < -0.4 is 10.6 Å². The lowest BCUT2D eigenvalue weighted by atomic mass is 10.3. The minimum Gasteiger partial charge on any atom is -0.368 e. The van der Waals surface area contributed by atoms with Gasteiger partial charge in [0.1, 0.15) is 17.0 Å². The molecular formula is C14H16N6OS. The molecule has 22 heavy (non-hydrogen) atoms. The van der Waals surface area contributed by atoms with E-state index in [9.17, 15) is 4.79 Å². The van der Waals surface area contributed by atoms with Crippen LogP contribution in [0.5, 0.6) is 0 Å². The Morgan fingerprint density at radius 2 is 2.27 bits per heavy atom. The lowest BCUT2D eigenvalue weighted by molar-refractivity contribution is -0.120. The second-order valence-electron chi connectivity index (χ2n) is 4.81. The summed E-state index contributed by atoms with van der Waals surface area (Å²) in [6.45, 7) is 1.14. The quantitative estimate of drug-likeness (QED) is 0.667. The Balaban J connectivity index is 1.46. The Hall–Kier alpha value is -2.48. The molecule has 114 valence electrons. The lowest BCUT2D eigenvalue weighted by Crippen LogP contribution is -2.30. The van der Waals surface area contributed by atoms with Gasteiger partial charge >= 0.3 is 0 Å². The van der Waals surface area contributed by atoms with Crippen molar-refractivity contribution in [2.45, 2.75) is 6.42 Å². The monoisotopic (exact) mass is 316 g/mol. The number of nitrogens with one attached hydrogen (secondary N) is 2. The molecule has 2 N–H and O–H groups in total. The number of fused-ring (bicyclic) bond motifs is 1. The van der Waals surface area contributed by atoms with E-state index in [1.54, 1.807) is 30.2 Å². The number of anilines is 1. The molecule has 3 heterocycles. The van der Waals surface area contributed by atoms with Crippen molar-refractivity contribution in [2.24, 2.45) is 7.05 Å². The number of amides is 1. The molecule has 3 aromatic rings. The summed E-state index contributed by atoms with van der Waals surface area (Å²) >= 11 is 1.58. The Kier molecular flexibility index (Phi) is 4.29. The summed E-state index contributed by atoms with van der Waals surface area (Å²) in [4.78, 5) is 25.2. The molecule has 3 aromatic heterocycles. The van der Waals surface area contributed by atoms with Crippen molar-refractivity contribution in [1.82, 2.24) is 24.8 Å². The van der Waals surface area contributed by atoms with Crippen LogP contribution in [0.15, 0.2) is 30.3 Å². The van der Waals surface area contributed by atoms with Crippen LogP contribution in [0.25, 0.3) is 10.2 Å². The van der Waals surface area contributed by atoms with E-state index in [1.165, 1.54) is 0 Å². The normalized spacial score (nSPS) is 10.8. The maximum atomic E-state index is 11.8.